The summed E-state index contributed by atoms with van der Waals surface area (Å²) in [6.45, 7) is 3.75. The SMILES string of the molecule is CCCn1cc(CN)c2cccnc21. The summed E-state index contributed by atoms with van der Waals surface area (Å²) in [5, 5.41) is 1.18. The number of rotatable bonds is 3. The third-order valence-electron chi connectivity index (χ3n) is 2.40. The van der Waals surface area contributed by atoms with Crippen LogP contribution in [-0.4, -0.2) is 9.55 Å². The third kappa shape index (κ3) is 1.40. The van der Waals surface area contributed by atoms with Crippen molar-refractivity contribution < 1.29 is 0 Å². The minimum Gasteiger partial charge on any atom is -0.332 e. The Bertz CT molecular complexity index is 431. The molecule has 0 unspecified atom stereocenters. The van der Waals surface area contributed by atoms with Gasteiger partial charge in [0.25, 0.3) is 0 Å². The van der Waals surface area contributed by atoms with E-state index in [1.54, 1.807) is 0 Å². The molecule has 74 valence electrons. The molecule has 2 aromatic rings. The first-order valence-corrected chi connectivity index (χ1v) is 4.99. The topological polar surface area (TPSA) is 43.8 Å². The normalized spacial score (nSPS) is 11.0. The largest absolute Gasteiger partial charge is 0.332 e. The van der Waals surface area contributed by atoms with Gasteiger partial charge in [0, 0.05) is 30.9 Å². The number of hydrogen-bond acceptors (Lipinski definition) is 2. The smallest absolute Gasteiger partial charge is 0.140 e. The number of nitrogens with two attached hydrogens (primary N) is 1. The van der Waals surface area contributed by atoms with E-state index in [0.29, 0.717) is 6.54 Å². The fraction of sp³-hybridized carbons (Fsp3) is 0.364. The zero-order chi connectivity index (χ0) is 9.97. The Morgan fingerprint density at radius 3 is 3.07 bits per heavy atom. The van der Waals surface area contributed by atoms with E-state index in [1.807, 2.05) is 12.3 Å². The molecule has 0 aliphatic heterocycles. The van der Waals surface area contributed by atoms with Crippen LogP contribution < -0.4 is 5.73 Å². The number of pyridine rings is 1. The van der Waals surface area contributed by atoms with E-state index in [0.717, 1.165) is 18.6 Å². The van der Waals surface area contributed by atoms with E-state index in [1.165, 1.54) is 10.9 Å². The lowest BCUT2D eigenvalue weighted by Gasteiger charge is -1.99. The molecule has 0 atom stereocenters. The van der Waals surface area contributed by atoms with Gasteiger partial charge in [-0.3, -0.25) is 0 Å². The molecule has 0 saturated carbocycles. The monoisotopic (exact) mass is 189 g/mol. The summed E-state index contributed by atoms with van der Waals surface area (Å²) in [5.41, 5.74) is 7.92. The Labute approximate surface area is 83.6 Å². The summed E-state index contributed by atoms with van der Waals surface area (Å²) in [6.07, 6.45) is 5.06. The second-order valence-corrected chi connectivity index (χ2v) is 3.43. The van der Waals surface area contributed by atoms with Gasteiger partial charge < -0.3 is 10.3 Å². The van der Waals surface area contributed by atoms with Crippen molar-refractivity contribution in [1.29, 1.82) is 0 Å². The molecule has 2 aromatic heterocycles. The van der Waals surface area contributed by atoms with Crippen molar-refractivity contribution in [2.45, 2.75) is 26.4 Å². The van der Waals surface area contributed by atoms with E-state index < -0.39 is 0 Å². The Kier molecular flexibility index (Phi) is 2.50. The maximum Gasteiger partial charge on any atom is 0.140 e. The van der Waals surface area contributed by atoms with Crippen LogP contribution in [0.1, 0.15) is 18.9 Å². The first kappa shape index (κ1) is 9.21. The van der Waals surface area contributed by atoms with Gasteiger partial charge >= 0.3 is 0 Å². The molecule has 3 nitrogen and oxygen atoms in total. The Balaban J connectivity index is 2.61. The van der Waals surface area contributed by atoms with Crippen LogP contribution in [0.5, 0.6) is 0 Å². The van der Waals surface area contributed by atoms with Gasteiger partial charge in [-0.15, -0.1) is 0 Å². The van der Waals surface area contributed by atoms with Crippen molar-refractivity contribution in [2.75, 3.05) is 0 Å². The minimum absolute atomic E-state index is 0.582. The average Bonchev–Trinajstić information content (AvgIpc) is 2.58. The quantitative estimate of drug-likeness (QED) is 0.801. The van der Waals surface area contributed by atoms with Gasteiger partial charge in [0.15, 0.2) is 0 Å². The molecule has 2 N–H and O–H groups in total. The summed E-state index contributed by atoms with van der Waals surface area (Å²) in [7, 11) is 0. The number of aromatic nitrogens is 2. The van der Waals surface area contributed by atoms with Crippen LogP contribution in [0.2, 0.25) is 0 Å². The molecule has 2 heterocycles. The highest BCUT2D eigenvalue weighted by Gasteiger charge is 2.06. The molecule has 0 fully saturated rings. The van der Waals surface area contributed by atoms with Crippen molar-refractivity contribution in [1.82, 2.24) is 9.55 Å². The summed E-state index contributed by atoms with van der Waals surface area (Å²) in [4.78, 5) is 4.38. The van der Waals surface area contributed by atoms with Gasteiger partial charge in [-0.1, -0.05) is 6.92 Å². The zero-order valence-electron chi connectivity index (χ0n) is 8.40. The van der Waals surface area contributed by atoms with Crippen LogP contribution in [0, 0.1) is 0 Å². The molecule has 0 aromatic carbocycles. The molecule has 0 spiro atoms. The standard InChI is InChI=1S/C11H15N3/c1-2-6-14-8-9(7-12)10-4-3-5-13-11(10)14/h3-5,8H,2,6-7,12H2,1H3. The molecule has 0 bridgehead atoms. The lowest BCUT2D eigenvalue weighted by atomic mass is 10.2. The second kappa shape index (κ2) is 3.80. The minimum atomic E-state index is 0.582. The fourth-order valence-electron chi connectivity index (χ4n) is 1.77. The highest BCUT2D eigenvalue weighted by atomic mass is 15.0. The predicted octanol–water partition coefficient (Wildman–Crippen LogP) is 1.91. The Morgan fingerprint density at radius 2 is 2.36 bits per heavy atom. The summed E-state index contributed by atoms with van der Waals surface area (Å²) >= 11 is 0. The van der Waals surface area contributed by atoms with Crippen molar-refractivity contribution in [3.05, 3.63) is 30.1 Å². The fourth-order valence-corrected chi connectivity index (χ4v) is 1.77. The van der Waals surface area contributed by atoms with E-state index >= 15 is 0 Å². The highest BCUT2D eigenvalue weighted by Crippen LogP contribution is 2.18. The van der Waals surface area contributed by atoms with Gasteiger partial charge in [0.1, 0.15) is 5.65 Å². The van der Waals surface area contributed by atoms with Gasteiger partial charge in [-0.05, 0) is 24.1 Å². The van der Waals surface area contributed by atoms with Crippen LogP contribution in [-0.2, 0) is 13.1 Å². The first-order valence-electron chi connectivity index (χ1n) is 4.99. The molecule has 3 heteroatoms. The van der Waals surface area contributed by atoms with E-state index in [4.69, 9.17) is 5.73 Å². The van der Waals surface area contributed by atoms with Crippen LogP contribution in [0.4, 0.5) is 0 Å². The molecule has 2 rings (SSSR count). The first-order chi connectivity index (χ1) is 6.86. The van der Waals surface area contributed by atoms with Crippen molar-refractivity contribution in [2.24, 2.45) is 5.73 Å². The number of aryl methyl sites for hydroxylation is 1. The Morgan fingerprint density at radius 1 is 1.50 bits per heavy atom. The van der Waals surface area contributed by atoms with Crippen molar-refractivity contribution in [3.63, 3.8) is 0 Å². The average molecular weight is 189 g/mol. The van der Waals surface area contributed by atoms with Crippen molar-refractivity contribution >= 4 is 11.0 Å². The highest BCUT2D eigenvalue weighted by molar-refractivity contribution is 5.80. The van der Waals surface area contributed by atoms with Gasteiger partial charge in [0.05, 0.1) is 0 Å². The van der Waals surface area contributed by atoms with Gasteiger partial charge in [-0.2, -0.15) is 0 Å². The molecule has 0 aliphatic carbocycles. The van der Waals surface area contributed by atoms with Crippen LogP contribution in [0.15, 0.2) is 24.5 Å². The van der Waals surface area contributed by atoms with Gasteiger partial charge in [-0.25, -0.2) is 4.98 Å². The van der Waals surface area contributed by atoms with Crippen LogP contribution in [0.25, 0.3) is 11.0 Å². The lowest BCUT2D eigenvalue weighted by Crippen LogP contribution is -1.96. The zero-order valence-corrected chi connectivity index (χ0v) is 8.40. The summed E-state index contributed by atoms with van der Waals surface area (Å²) < 4.78 is 2.18. The molecule has 0 amide bonds. The molecule has 0 aliphatic rings. The third-order valence-corrected chi connectivity index (χ3v) is 2.40. The number of hydrogen-bond donors (Lipinski definition) is 1. The maximum atomic E-state index is 5.68. The maximum absolute atomic E-state index is 5.68. The molecule has 0 saturated heterocycles. The van der Waals surface area contributed by atoms with E-state index in [9.17, 15) is 0 Å². The molecule has 14 heavy (non-hydrogen) atoms. The number of nitrogens with zero attached hydrogens (tertiary/aromatic N) is 2. The summed E-state index contributed by atoms with van der Waals surface area (Å²) in [5.74, 6) is 0. The molecular weight excluding hydrogens is 174 g/mol. The van der Waals surface area contributed by atoms with Crippen molar-refractivity contribution in [3.8, 4) is 0 Å². The van der Waals surface area contributed by atoms with Crippen LogP contribution in [0.3, 0.4) is 0 Å². The molecule has 0 radical (unpaired) electrons. The lowest BCUT2D eigenvalue weighted by molar-refractivity contribution is 0.695. The van der Waals surface area contributed by atoms with Gasteiger partial charge in [0.2, 0.25) is 0 Å². The summed E-state index contributed by atoms with van der Waals surface area (Å²) in [6, 6.07) is 4.04. The van der Waals surface area contributed by atoms with Crippen LogP contribution >= 0.6 is 0 Å². The number of fused-ring (bicyclic) bond motifs is 1. The van der Waals surface area contributed by atoms with E-state index in [-0.39, 0.29) is 0 Å². The second-order valence-electron chi connectivity index (χ2n) is 3.43. The Hall–Kier alpha value is -1.35. The predicted molar refractivity (Wildman–Crippen MR) is 57.9 cm³/mol. The molecular formula is C11H15N3. The van der Waals surface area contributed by atoms with E-state index in [2.05, 4.69) is 28.7 Å².